The molecular weight excluding hydrogens is 426 g/mol. The van der Waals surface area contributed by atoms with Gasteiger partial charge in [0.15, 0.2) is 0 Å². The summed E-state index contributed by atoms with van der Waals surface area (Å²) >= 11 is 0. The number of nitrogens with one attached hydrogen (secondary N) is 1. The van der Waals surface area contributed by atoms with Gasteiger partial charge in [-0.1, -0.05) is 23.8 Å². The summed E-state index contributed by atoms with van der Waals surface area (Å²) in [5.74, 6) is -1.01. The van der Waals surface area contributed by atoms with E-state index in [2.05, 4.69) is 32.2 Å². The molecule has 8 heteroatoms. The standard InChI is InChI=1S/C25H33NO7/c1-15(2)5-10-19-24(3,33-19)21-20(30-4)18(11-12-25(21)14-31-25)32-23(29)26-13-16-6-8-17(9-7-16)22(27)28/h5-9,18-21H,10-14H2,1-4H3,(H,26,29)(H,27,28)/t18-,19-,20-,21?,24-,25+/m1/s1. The zero-order chi connectivity index (χ0) is 23.8. The number of epoxide rings is 2. The normalized spacial score (nSPS) is 34.4. The first-order valence-electron chi connectivity index (χ1n) is 11.4. The molecule has 3 aliphatic rings. The van der Waals surface area contributed by atoms with Crippen LogP contribution in [-0.2, 0) is 25.5 Å². The molecule has 6 atom stereocenters. The predicted molar refractivity (Wildman–Crippen MR) is 120 cm³/mol. The molecule has 4 rings (SSSR count). The van der Waals surface area contributed by atoms with E-state index in [4.69, 9.17) is 24.1 Å². The van der Waals surface area contributed by atoms with Crippen LogP contribution in [0.2, 0.25) is 0 Å². The number of alkyl carbamates (subject to hydrolysis) is 1. The van der Waals surface area contributed by atoms with Crippen LogP contribution in [0.1, 0.15) is 56.0 Å². The van der Waals surface area contributed by atoms with Gasteiger partial charge in [0.1, 0.15) is 23.4 Å². The highest BCUT2D eigenvalue weighted by Gasteiger charge is 2.72. The molecule has 2 aliphatic heterocycles. The van der Waals surface area contributed by atoms with Crippen molar-refractivity contribution in [2.45, 2.75) is 76.1 Å². The maximum atomic E-state index is 12.6. The summed E-state index contributed by atoms with van der Waals surface area (Å²) in [6.45, 7) is 7.18. The quantitative estimate of drug-likeness (QED) is 0.451. The van der Waals surface area contributed by atoms with Crippen molar-refractivity contribution in [3.63, 3.8) is 0 Å². The molecule has 0 radical (unpaired) electrons. The Hall–Kier alpha value is -2.42. The summed E-state index contributed by atoms with van der Waals surface area (Å²) in [6.07, 6.45) is 3.30. The van der Waals surface area contributed by atoms with E-state index in [-0.39, 0.29) is 41.4 Å². The van der Waals surface area contributed by atoms with Crippen molar-refractivity contribution < 1.29 is 33.6 Å². The first kappa shape index (κ1) is 23.7. The number of hydrogen-bond acceptors (Lipinski definition) is 6. The maximum absolute atomic E-state index is 12.6. The Kier molecular flexibility index (Phi) is 6.53. The van der Waals surface area contributed by atoms with Gasteiger partial charge >= 0.3 is 12.1 Å². The number of aromatic carboxylic acids is 1. The Morgan fingerprint density at radius 1 is 1.27 bits per heavy atom. The molecule has 180 valence electrons. The molecule has 1 aromatic rings. The molecule has 3 fully saturated rings. The van der Waals surface area contributed by atoms with E-state index < -0.39 is 18.2 Å². The number of carboxylic acids is 1. The largest absolute Gasteiger partial charge is 0.478 e. The van der Waals surface area contributed by atoms with Crippen LogP contribution in [-0.4, -0.2) is 60.4 Å². The Morgan fingerprint density at radius 2 is 1.97 bits per heavy atom. The Balaban J connectivity index is 1.38. The van der Waals surface area contributed by atoms with Crippen molar-refractivity contribution in [3.8, 4) is 0 Å². The second-order valence-corrected chi connectivity index (χ2v) is 9.68. The molecule has 33 heavy (non-hydrogen) atoms. The summed E-state index contributed by atoms with van der Waals surface area (Å²) in [5.41, 5.74) is 1.60. The summed E-state index contributed by atoms with van der Waals surface area (Å²) in [4.78, 5) is 23.5. The number of amides is 1. The monoisotopic (exact) mass is 459 g/mol. The van der Waals surface area contributed by atoms with E-state index in [1.54, 1.807) is 19.2 Å². The molecule has 2 saturated heterocycles. The third-order valence-corrected chi connectivity index (χ3v) is 7.13. The minimum absolute atomic E-state index is 0.0272. The van der Waals surface area contributed by atoms with Crippen LogP contribution in [0.15, 0.2) is 35.9 Å². The Bertz CT molecular complexity index is 919. The number of rotatable bonds is 8. The van der Waals surface area contributed by atoms with Gasteiger partial charge in [0.25, 0.3) is 0 Å². The van der Waals surface area contributed by atoms with Gasteiger partial charge in [-0.3, -0.25) is 0 Å². The average Bonchev–Trinajstić information content (AvgIpc) is 3.69. The first-order chi connectivity index (χ1) is 15.7. The van der Waals surface area contributed by atoms with E-state index in [0.29, 0.717) is 13.0 Å². The zero-order valence-electron chi connectivity index (χ0n) is 19.6. The smallest absolute Gasteiger partial charge is 0.407 e. The Labute approximate surface area is 194 Å². The molecule has 0 aromatic heterocycles. The van der Waals surface area contributed by atoms with Gasteiger partial charge in [0, 0.05) is 13.7 Å². The van der Waals surface area contributed by atoms with Gasteiger partial charge in [0.2, 0.25) is 0 Å². The van der Waals surface area contributed by atoms with Gasteiger partial charge in [-0.25, -0.2) is 9.59 Å². The van der Waals surface area contributed by atoms with Crippen LogP contribution in [0.3, 0.4) is 0 Å². The number of allylic oxidation sites excluding steroid dienone is 1. The maximum Gasteiger partial charge on any atom is 0.407 e. The molecule has 2 heterocycles. The van der Waals surface area contributed by atoms with Crippen LogP contribution in [0.5, 0.6) is 0 Å². The molecule has 1 aromatic carbocycles. The topological polar surface area (TPSA) is 110 Å². The van der Waals surface area contributed by atoms with Crippen LogP contribution >= 0.6 is 0 Å². The molecule has 1 unspecified atom stereocenters. The summed E-state index contributed by atoms with van der Waals surface area (Å²) in [6, 6.07) is 6.36. The SMILES string of the molecule is CO[C@H]1C([C@]2(C)O[C@@H]2CC=C(C)C)[C@]2(CC[C@H]1OC(=O)NCc1ccc(C(=O)O)cc1)CO2. The van der Waals surface area contributed by atoms with Crippen LogP contribution < -0.4 is 5.32 Å². The average molecular weight is 460 g/mol. The minimum atomic E-state index is -0.986. The van der Waals surface area contributed by atoms with E-state index in [0.717, 1.165) is 18.4 Å². The molecule has 1 spiro atoms. The second-order valence-electron chi connectivity index (χ2n) is 9.68. The third-order valence-electron chi connectivity index (χ3n) is 7.13. The van der Waals surface area contributed by atoms with Crippen molar-refractivity contribution in [2.75, 3.05) is 13.7 Å². The lowest BCUT2D eigenvalue weighted by atomic mass is 9.68. The number of carbonyl (C=O) groups excluding carboxylic acids is 1. The first-order valence-corrected chi connectivity index (χ1v) is 11.4. The molecule has 2 N–H and O–H groups in total. The van der Waals surface area contributed by atoms with Crippen molar-refractivity contribution in [3.05, 3.63) is 47.0 Å². The number of ether oxygens (including phenoxy) is 4. The molecule has 1 saturated carbocycles. The summed E-state index contributed by atoms with van der Waals surface area (Å²) in [5, 5.41) is 11.7. The van der Waals surface area contributed by atoms with Crippen LogP contribution in [0, 0.1) is 5.92 Å². The number of benzene rings is 1. The number of methoxy groups -OCH3 is 1. The van der Waals surface area contributed by atoms with Crippen molar-refractivity contribution in [2.24, 2.45) is 5.92 Å². The van der Waals surface area contributed by atoms with Crippen LogP contribution in [0.4, 0.5) is 4.79 Å². The minimum Gasteiger partial charge on any atom is -0.478 e. The van der Waals surface area contributed by atoms with Crippen LogP contribution in [0.25, 0.3) is 0 Å². The van der Waals surface area contributed by atoms with E-state index in [1.165, 1.54) is 17.7 Å². The summed E-state index contributed by atoms with van der Waals surface area (Å²) in [7, 11) is 1.65. The molecule has 1 aliphatic carbocycles. The second kappa shape index (κ2) is 9.08. The highest BCUT2D eigenvalue weighted by Crippen LogP contribution is 2.59. The van der Waals surface area contributed by atoms with E-state index in [1.807, 2.05) is 0 Å². The number of hydrogen-bond donors (Lipinski definition) is 2. The van der Waals surface area contributed by atoms with Gasteiger partial charge in [-0.05, 0) is 57.7 Å². The van der Waals surface area contributed by atoms with E-state index >= 15 is 0 Å². The molecular formula is C25H33NO7. The Morgan fingerprint density at radius 3 is 2.55 bits per heavy atom. The zero-order valence-corrected chi connectivity index (χ0v) is 19.6. The fourth-order valence-corrected chi connectivity index (χ4v) is 5.19. The van der Waals surface area contributed by atoms with Crippen molar-refractivity contribution >= 4 is 12.1 Å². The molecule has 0 bridgehead atoms. The lowest BCUT2D eigenvalue weighted by Crippen LogP contribution is -2.56. The fraction of sp³-hybridized carbons (Fsp3) is 0.600. The highest BCUT2D eigenvalue weighted by molar-refractivity contribution is 5.87. The van der Waals surface area contributed by atoms with Gasteiger partial charge in [-0.15, -0.1) is 0 Å². The lowest BCUT2D eigenvalue weighted by Gasteiger charge is -2.42. The lowest BCUT2D eigenvalue weighted by molar-refractivity contribution is -0.118. The fourth-order valence-electron chi connectivity index (χ4n) is 5.19. The highest BCUT2D eigenvalue weighted by atomic mass is 16.6. The van der Waals surface area contributed by atoms with Crippen molar-refractivity contribution in [1.29, 1.82) is 0 Å². The van der Waals surface area contributed by atoms with Gasteiger partial charge in [-0.2, -0.15) is 0 Å². The third kappa shape index (κ3) is 4.93. The number of carboxylic acid groups (broad SMARTS) is 1. The van der Waals surface area contributed by atoms with E-state index in [9.17, 15) is 9.59 Å². The van der Waals surface area contributed by atoms with Gasteiger partial charge in [0.05, 0.1) is 24.2 Å². The van der Waals surface area contributed by atoms with Gasteiger partial charge < -0.3 is 29.4 Å². The predicted octanol–water partition coefficient (Wildman–Crippen LogP) is 3.69. The summed E-state index contributed by atoms with van der Waals surface area (Å²) < 4.78 is 23.8. The molecule has 1 amide bonds. The van der Waals surface area contributed by atoms with Crippen molar-refractivity contribution in [1.82, 2.24) is 5.32 Å². The molecule has 8 nitrogen and oxygen atoms in total. The number of carbonyl (C=O) groups is 2.